The van der Waals surface area contributed by atoms with Gasteiger partial charge in [0.2, 0.25) is 5.82 Å². The first-order valence-electron chi connectivity index (χ1n) is 10.6. The minimum atomic E-state index is 0.449. The van der Waals surface area contributed by atoms with Crippen LogP contribution in [0.25, 0.3) is 28.5 Å². The van der Waals surface area contributed by atoms with Crippen LogP contribution in [-0.4, -0.2) is 30.0 Å². The molecule has 2 heterocycles. The summed E-state index contributed by atoms with van der Waals surface area (Å²) in [6, 6.07) is 23.1. The normalized spacial score (nSPS) is 11.2. The molecule has 5 rings (SSSR count). The fourth-order valence-electron chi connectivity index (χ4n) is 3.79. The molecule has 0 amide bonds. The molecule has 3 aromatic carbocycles. The number of rotatable bonds is 6. The monoisotopic (exact) mass is 508 g/mol. The predicted molar refractivity (Wildman–Crippen MR) is 136 cm³/mol. The summed E-state index contributed by atoms with van der Waals surface area (Å²) in [6.45, 7) is 2.60. The molecule has 0 fully saturated rings. The van der Waals surface area contributed by atoms with E-state index in [1.165, 1.54) is 5.56 Å². The van der Waals surface area contributed by atoms with E-state index < -0.39 is 0 Å². The number of halogens is 3. The molecule has 0 spiro atoms. The standard InChI is InChI=1S/C25H19Cl3N6/c1-16-23(25-29-32-33(31-25)14-13-17-5-3-2-4-6-17)30-34(22-12-11-20(27)15-21(22)28)24(16)18-7-9-19(26)10-8-18/h2-12,15H,13-14H2,1H3. The molecule has 0 radical (unpaired) electrons. The van der Waals surface area contributed by atoms with Crippen molar-refractivity contribution in [2.75, 3.05) is 0 Å². The van der Waals surface area contributed by atoms with E-state index in [0.29, 0.717) is 38.8 Å². The lowest BCUT2D eigenvalue weighted by atomic mass is 10.1. The van der Waals surface area contributed by atoms with Gasteiger partial charge in [0.1, 0.15) is 5.69 Å². The van der Waals surface area contributed by atoms with Crippen molar-refractivity contribution in [3.05, 3.63) is 99.0 Å². The van der Waals surface area contributed by atoms with E-state index in [2.05, 4.69) is 27.5 Å². The molecular formula is C25H19Cl3N6. The summed E-state index contributed by atoms with van der Waals surface area (Å²) in [6.07, 6.45) is 0.806. The van der Waals surface area contributed by atoms with Gasteiger partial charge < -0.3 is 0 Å². The Hall–Kier alpha value is -3.19. The third-order valence-corrected chi connectivity index (χ3v) is 6.28. The van der Waals surface area contributed by atoms with Gasteiger partial charge in [-0.1, -0.05) is 77.3 Å². The lowest BCUT2D eigenvalue weighted by molar-refractivity contribution is 0.523. The SMILES string of the molecule is Cc1c(-c2nnn(CCc3ccccc3)n2)nn(-c2ccc(Cl)cc2Cl)c1-c1ccc(Cl)cc1. The summed E-state index contributed by atoms with van der Waals surface area (Å²) < 4.78 is 1.79. The number of hydrogen-bond donors (Lipinski definition) is 0. The van der Waals surface area contributed by atoms with Crippen molar-refractivity contribution in [1.29, 1.82) is 0 Å². The van der Waals surface area contributed by atoms with Crippen molar-refractivity contribution in [3.63, 3.8) is 0 Å². The number of tetrazole rings is 1. The van der Waals surface area contributed by atoms with Gasteiger partial charge in [0.15, 0.2) is 0 Å². The van der Waals surface area contributed by atoms with Crippen LogP contribution in [0.2, 0.25) is 15.1 Å². The van der Waals surface area contributed by atoms with Crippen LogP contribution in [0.1, 0.15) is 11.1 Å². The molecule has 34 heavy (non-hydrogen) atoms. The smallest absolute Gasteiger partial charge is 0.225 e. The van der Waals surface area contributed by atoms with E-state index in [1.54, 1.807) is 21.6 Å². The van der Waals surface area contributed by atoms with Crippen LogP contribution in [0, 0.1) is 6.92 Å². The lowest BCUT2D eigenvalue weighted by Crippen LogP contribution is -2.05. The molecule has 0 atom stereocenters. The van der Waals surface area contributed by atoms with Crippen LogP contribution in [0.5, 0.6) is 0 Å². The molecule has 0 aliphatic heterocycles. The summed E-state index contributed by atoms with van der Waals surface area (Å²) in [7, 11) is 0. The van der Waals surface area contributed by atoms with Crippen molar-refractivity contribution in [2.24, 2.45) is 0 Å². The van der Waals surface area contributed by atoms with Gasteiger partial charge in [-0.3, -0.25) is 0 Å². The number of aromatic nitrogens is 6. The van der Waals surface area contributed by atoms with E-state index in [1.807, 2.05) is 55.5 Å². The second kappa shape index (κ2) is 9.58. The maximum Gasteiger partial charge on any atom is 0.225 e. The maximum absolute atomic E-state index is 6.55. The largest absolute Gasteiger partial charge is 0.231 e. The summed E-state index contributed by atoms with van der Waals surface area (Å²) >= 11 is 18.8. The first-order chi connectivity index (χ1) is 16.5. The second-order valence-corrected chi connectivity index (χ2v) is 9.06. The summed E-state index contributed by atoms with van der Waals surface area (Å²) in [5.41, 5.74) is 5.23. The van der Waals surface area contributed by atoms with E-state index in [0.717, 1.165) is 23.2 Å². The van der Waals surface area contributed by atoms with Gasteiger partial charge in [-0.2, -0.15) is 9.90 Å². The zero-order chi connectivity index (χ0) is 23.7. The van der Waals surface area contributed by atoms with Crippen LogP contribution < -0.4 is 0 Å². The number of hydrogen-bond acceptors (Lipinski definition) is 4. The van der Waals surface area contributed by atoms with Gasteiger partial charge >= 0.3 is 0 Å². The average molecular weight is 510 g/mol. The van der Waals surface area contributed by atoms with E-state index in [-0.39, 0.29) is 0 Å². The van der Waals surface area contributed by atoms with Crippen molar-refractivity contribution >= 4 is 34.8 Å². The zero-order valence-corrected chi connectivity index (χ0v) is 20.4. The maximum atomic E-state index is 6.55. The minimum absolute atomic E-state index is 0.449. The molecule has 0 saturated heterocycles. The first-order valence-corrected chi connectivity index (χ1v) is 11.8. The third kappa shape index (κ3) is 4.57. The third-order valence-electron chi connectivity index (χ3n) is 5.49. The average Bonchev–Trinajstić information content (AvgIpc) is 3.43. The predicted octanol–water partition coefficient (Wildman–Crippen LogP) is 6.70. The fourth-order valence-corrected chi connectivity index (χ4v) is 4.40. The van der Waals surface area contributed by atoms with E-state index >= 15 is 0 Å². The molecular weight excluding hydrogens is 491 g/mol. The van der Waals surface area contributed by atoms with Crippen LogP contribution in [0.3, 0.4) is 0 Å². The molecule has 2 aromatic heterocycles. The molecule has 6 nitrogen and oxygen atoms in total. The molecule has 9 heteroatoms. The molecule has 0 N–H and O–H groups in total. The fraction of sp³-hybridized carbons (Fsp3) is 0.120. The van der Waals surface area contributed by atoms with Crippen LogP contribution in [0.4, 0.5) is 0 Å². The van der Waals surface area contributed by atoms with Crippen molar-refractivity contribution in [1.82, 2.24) is 30.0 Å². The topological polar surface area (TPSA) is 61.4 Å². The Morgan fingerprint density at radius 2 is 1.56 bits per heavy atom. The van der Waals surface area contributed by atoms with Crippen molar-refractivity contribution < 1.29 is 0 Å². The summed E-state index contributed by atoms with van der Waals surface area (Å²) in [5, 5.41) is 19.6. The number of aryl methyl sites for hydroxylation is 2. The molecule has 0 saturated carbocycles. The second-order valence-electron chi connectivity index (χ2n) is 7.78. The highest BCUT2D eigenvalue weighted by Gasteiger charge is 2.23. The Balaban J connectivity index is 1.56. The highest BCUT2D eigenvalue weighted by atomic mass is 35.5. The van der Waals surface area contributed by atoms with Gasteiger partial charge in [0, 0.05) is 21.2 Å². The molecule has 0 unspecified atom stereocenters. The van der Waals surface area contributed by atoms with Gasteiger partial charge in [-0.15, -0.1) is 10.2 Å². The highest BCUT2D eigenvalue weighted by Crippen LogP contribution is 2.35. The van der Waals surface area contributed by atoms with E-state index in [9.17, 15) is 0 Å². The van der Waals surface area contributed by atoms with Crippen LogP contribution in [-0.2, 0) is 13.0 Å². The Bertz CT molecular complexity index is 1440. The Kier molecular flexibility index (Phi) is 6.37. The first kappa shape index (κ1) is 22.6. The number of nitrogens with zero attached hydrogens (tertiary/aromatic N) is 6. The van der Waals surface area contributed by atoms with Crippen molar-refractivity contribution in [2.45, 2.75) is 19.9 Å². The Labute approximate surface area is 211 Å². The minimum Gasteiger partial charge on any atom is -0.231 e. The lowest BCUT2D eigenvalue weighted by Gasteiger charge is -2.11. The molecule has 0 aliphatic rings. The summed E-state index contributed by atoms with van der Waals surface area (Å²) in [5.74, 6) is 0.449. The van der Waals surface area contributed by atoms with Gasteiger partial charge in [-0.05, 0) is 54.5 Å². The quantitative estimate of drug-likeness (QED) is 0.255. The highest BCUT2D eigenvalue weighted by molar-refractivity contribution is 6.35. The zero-order valence-electron chi connectivity index (χ0n) is 18.2. The van der Waals surface area contributed by atoms with Gasteiger partial charge in [0.25, 0.3) is 0 Å². The Morgan fingerprint density at radius 1 is 0.824 bits per heavy atom. The van der Waals surface area contributed by atoms with Gasteiger partial charge in [0.05, 0.1) is 22.9 Å². The Morgan fingerprint density at radius 3 is 2.29 bits per heavy atom. The molecule has 5 aromatic rings. The number of benzene rings is 3. The van der Waals surface area contributed by atoms with Gasteiger partial charge in [-0.25, -0.2) is 4.68 Å². The molecule has 0 aliphatic carbocycles. The molecule has 170 valence electrons. The van der Waals surface area contributed by atoms with Crippen molar-refractivity contribution in [3.8, 4) is 28.5 Å². The van der Waals surface area contributed by atoms with Crippen LogP contribution in [0.15, 0.2) is 72.8 Å². The molecule has 0 bridgehead atoms. The summed E-state index contributed by atoms with van der Waals surface area (Å²) in [4.78, 5) is 1.60. The van der Waals surface area contributed by atoms with Crippen LogP contribution >= 0.6 is 34.8 Å². The van der Waals surface area contributed by atoms with E-state index in [4.69, 9.17) is 39.9 Å².